The summed E-state index contributed by atoms with van der Waals surface area (Å²) in [4.78, 5) is 80.2. The highest BCUT2D eigenvalue weighted by atomic mass is 16.5. The first-order valence-corrected chi connectivity index (χ1v) is 16.4. The lowest BCUT2D eigenvalue weighted by Gasteiger charge is -2.38. The van der Waals surface area contributed by atoms with Gasteiger partial charge in [-0.25, -0.2) is 9.59 Å². The standard InChI is InChI=1S/C33H53N5O7/c1-31(2,3)14-21(29(43)45-16-18-11-12-18)36-30(44)37-25(32(4,5)6)28(42)38-15-19-22(33(19,7)8)23(38)27(41)35-20(13-17-9-10-17)24(39)26(34)40/h17-23,25H,9-16H2,1-8H3,(H2,34,40)(H,35,41)(H2,36,37,44)/t19-,20?,21-,22-,23-,25+/m0/s1. The van der Waals surface area contributed by atoms with E-state index in [1.165, 1.54) is 4.90 Å². The van der Waals surface area contributed by atoms with Gasteiger partial charge in [0, 0.05) is 6.54 Å². The Kier molecular flexibility index (Phi) is 9.67. The molecule has 45 heavy (non-hydrogen) atoms. The number of amides is 5. The van der Waals surface area contributed by atoms with Crippen LogP contribution < -0.4 is 21.7 Å². The van der Waals surface area contributed by atoms with Crippen molar-refractivity contribution in [3.8, 4) is 0 Å². The largest absolute Gasteiger partial charge is 0.464 e. The van der Waals surface area contributed by atoms with Crippen molar-refractivity contribution in [3.05, 3.63) is 0 Å². The van der Waals surface area contributed by atoms with Crippen molar-refractivity contribution in [3.63, 3.8) is 0 Å². The molecule has 4 aliphatic rings. The fraction of sp³-hybridized carbons (Fsp3) is 0.818. The Labute approximate surface area is 266 Å². The molecule has 1 unspecified atom stereocenters. The molecule has 3 aliphatic carbocycles. The van der Waals surface area contributed by atoms with Crippen molar-refractivity contribution in [2.45, 2.75) is 118 Å². The molecule has 3 saturated carbocycles. The monoisotopic (exact) mass is 631 g/mol. The first kappa shape index (κ1) is 34.7. The molecule has 12 nitrogen and oxygen atoms in total. The third-order valence-electron chi connectivity index (χ3n) is 9.85. The van der Waals surface area contributed by atoms with Gasteiger partial charge < -0.3 is 31.3 Å². The van der Waals surface area contributed by atoms with Crippen molar-refractivity contribution in [2.24, 2.45) is 45.7 Å². The van der Waals surface area contributed by atoms with E-state index in [1.54, 1.807) is 0 Å². The molecule has 252 valence electrons. The number of hydrogen-bond acceptors (Lipinski definition) is 7. The molecule has 0 aromatic heterocycles. The average Bonchev–Trinajstić information content (AvgIpc) is 3.86. The van der Waals surface area contributed by atoms with E-state index in [9.17, 15) is 28.8 Å². The van der Waals surface area contributed by atoms with Gasteiger partial charge in [0.2, 0.25) is 17.6 Å². The van der Waals surface area contributed by atoms with Crippen LogP contribution in [0.1, 0.15) is 93.9 Å². The predicted octanol–water partition coefficient (Wildman–Crippen LogP) is 2.28. The molecule has 0 aromatic rings. The summed E-state index contributed by atoms with van der Waals surface area (Å²) in [5.41, 5.74) is 4.06. The number of esters is 1. The van der Waals surface area contributed by atoms with E-state index < -0.39 is 65.1 Å². The van der Waals surface area contributed by atoms with E-state index >= 15 is 0 Å². The van der Waals surface area contributed by atoms with Crippen LogP contribution in [-0.4, -0.2) is 77.7 Å². The van der Waals surface area contributed by atoms with E-state index in [0.717, 1.165) is 25.7 Å². The Balaban J connectivity index is 1.50. The van der Waals surface area contributed by atoms with Crippen molar-refractivity contribution < 1.29 is 33.5 Å². The Morgan fingerprint density at radius 2 is 1.49 bits per heavy atom. The molecule has 5 N–H and O–H groups in total. The summed E-state index contributed by atoms with van der Waals surface area (Å²) < 4.78 is 5.49. The fourth-order valence-corrected chi connectivity index (χ4v) is 6.70. The number of carbonyl (C=O) groups is 6. The maximum absolute atomic E-state index is 14.2. The highest BCUT2D eigenvalue weighted by Crippen LogP contribution is 2.65. The lowest BCUT2D eigenvalue weighted by molar-refractivity contribution is -0.147. The number of ketones is 1. The van der Waals surface area contributed by atoms with E-state index in [2.05, 4.69) is 16.0 Å². The lowest BCUT2D eigenvalue weighted by Crippen LogP contribution is -2.62. The number of fused-ring (bicyclic) bond motifs is 1. The van der Waals surface area contributed by atoms with Gasteiger partial charge in [0.15, 0.2) is 0 Å². The zero-order valence-corrected chi connectivity index (χ0v) is 28.2. The molecule has 4 fully saturated rings. The van der Waals surface area contributed by atoms with Gasteiger partial charge in [0.25, 0.3) is 5.91 Å². The molecule has 6 atom stereocenters. The minimum absolute atomic E-state index is 0.0674. The normalized spacial score (nSPS) is 25.7. The number of nitrogens with one attached hydrogen (secondary N) is 3. The summed E-state index contributed by atoms with van der Waals surface area (Å²) in [6.07, 6.45) is 4.56. The molecule has 0 spiro atoms. The number of carbonyl (C=O) groups excluding carboxylic acids is 6. The Bertz CT molecular complexity index is 1210. The number of likely N-dealkylation sites (tertiary alicyclic amines) is 1. The number of piperidine rings is 1. The van der Waals surface area contributed by atoms with E-state index in [0.29, 0.717) is 31.9 Å². The summed E-state index contributed by atoms with van der Waals surface area (Å²) in [6, 6.07) is -4.52. The van der Waals surface area contributed by atoms with E-state index in [-0.39, 0.29) is 28.6 Å². The number of hydrogen-bond donors (Lipinski definition) is 4. The second-order valence-electron chi connectivity index (χ2n) is 16.7. The van der Waals surface area contributed by atoms with Crippen LogP contribution in [0.25, 0.3) is 0 Å². The van der Waals surface area contributed by atoms with Gasteiger partial charge in [-0.15, -0.1) is 0 Å². The number of nitrogens with zero attached hydrogens (tertiary/aromatic N) is 1. The van der Waals surface area contributed by atoms with Crippen LogP contribution in [0.5, 0.6) is 0 Å². The quantitative estimate of drug-likeness (QED) is 0.178. The maximum atomic E-state index is 14.2. The zero-order chi connectivity index (χ0) is 33.6. The molecule has 1 heterocycles. The summed E-state index contributed by atoms with van der Waals surface area (Å²) in [5.74, 6) is -2.83. The van der Waals surface area contributed by atoms with Crippen LogP contribution in [0.2, 0.25) is 0 Å². The van der Waals surface area contributed by atoms with Crippen molar-refractivity contribution in [1.29, 1.82) is 0 Å². The van der Waals surface area contributed by atoms with Gasteiger partial charge in [-0.1, -0.05) is 68.2 Å². The second-order valence-corrected chi connectivity index (χ2v) is 16.7. The molecule has 0 aromatic carbocycles. The van der Waals surface area contributed by atoms with Gasteiger partial charge in [-0.05, 0) is 65.6 Å². The van der Waals surface area contributed by atoms with E-state index in [4.69, 9.17) is 10.5 Å². The van der Waals surface area contributed by atoms with Crippen molar-refractivity contribution in [1.82, 2.24) is 20.9 Å². The number of Topliss-reactive ketones (excluding diaryl/α,β-unsaturated/α-hetero) is 1. The highest BCUT2D eigenvalue weighted by Gasteiger charge is 2.70. The molecular weight excluding hydrogens is 578 g/mol. The van der Waals surface area contributed by atoms with Crippen LogP contribution >= 0.6 is 0 Å². The van der Waals surface area contributed by atoms with Crippen molar-refractivity contribution >= 4 is 35.5 Å². The molecular formula is C33H53N5O7. The minimum Gasteiger partial charge on any atom is -0.464 e. The predicted molar refractivity (Wildman–Crippen MR) is 166 cm³/mol. The topological polar surface area (TPSA) is 177 Å². The summed E-state index contributed by atoms with van der Waals surface area (Å²) in [6.45, 7) is 16.1. The highest BCUT2D eigenvalue weighted by molar-refractivity contribution is 6.37. The first-order valence-electron chi connectivity index (χ1n) is 16.4. The SMILES string of the molecule is CC(C)(C)C[C@H](NC(=O)N[C@H](C(=O)N1C[C@H]2[C@@H]([C@H]1C(=O)NC(CC1CC1)C(=O)C(N)=O)C2(C)C)C(C)(C)C)C(=O)OCC1CC1. The summed E-state index contributed by atoms with van der Waals surface area (Å²) in [5, 5.41) is 8.31. The smallest absolute Gasteiger partial charge is 0.328 e. The fourth-order valence-electron chi connectivity index (χ4n) is 6.70. The molecule has 1 saturated heterocycles. The van der Waals surface area contributed by atoms with Crippen LogP contribution in [0.15, 0.2) is 0 Å². The number of primary amides is 1. The van der Waals surface area contributed by atoms with Gasteiger partial charge >= 0.3 is 12.0 Å². The Morgan fingerprint density at radius 1 is 0.889 bits per heavy atom. The Hall–Kier alpha value is -3.18. The molecule has 1 aliphatic heterocycles. The molecule has 5 amide bonds. The van der Waals surface area contributed by atoms with Gasteiger partial charge in [0.1, 0.15) is 18.1 Å². The molecule has 4 rings (SSSR count). The van der Waals surface area contributed by atoms with Crippen LogP contribution in [0.3, 0.4) is 0 Å². The van der Waals surface area contributed by atoms with Crippen molar-refractivity contribution in [2.75, 3.05) is 13.2 Å². The lowest BCUT2D eigenvalue weighted by atomic mass is 9.85. The third kappa shape index (κ3) is 8.55. The minimum atomic E-state index is -1.10. The summed E-state index contributed by atoms with van der Waals surface area (Å²) >= 11 is 0. The van der Waals surface area contributed by atoms with Gasteiger partial charge in [0.05, 0.1) is 12.6 Å². The number of urea groups is 1. The van der Waals surface area contributed by atoms with Gasteiger partial charge in [-0.3, -0.25) is 19.2 Å². The first-order chi connectivity index (χ1) is 20.7. The average molecular weight is 632 g/mol. The number of rotatable bonds is 13. The Morgan fingerprint density at radius 3 is 2.00 bits per heavy atom. The second kappa shape index (κ2) is 12.5. The van der Waals surface area contributed by atoms with Crippen LogP contribution in [0.4, 0.5) is 4.79 Å². The van der Waals surface area contributed by atoms with Gasteiger partial charge in [-0.2, -0.15) is 0 Å². The number of nitrogens with two attached hydrogens (primary N) is 1. The van der Waals surface area contributed by atoms with Crippen LogP contribution in [0, 0.1) is 39.9 Å². The molecule has 12 heteroatoms. The molecule has 0 bridgehead atoms. The van der Waals surface area contributed by atoms with E-state index in [1.807, 2.05) is 55.4 Å². The number of ether oxygens (including phenoxy) is 1. The molecule has 0 radical (unpaired) electrons. The zero-order valence-electron chi connectivity index (χ0n) is 28.2. The maximum Gasteiger partial charge on any atom is 0.328 e. The third-order valence-corrected chi connectivity index (χ3v) is 9.85. The van der Waals surface area contributed by atoms with Crippen LogP contribution in [-0.2, 0) is 28.7 Å². The summed E-state index contributed by atoms with van der Waals surface area (Å²) in [7, 11) is 0.